The van der Waals surface area contributed by atoms with Gasteiger partial charge in [0, 0.05) is 37.3 Å². The number of nitrogens with one attached hydrogen (secondary N) is 1. The van der Waals surface area contributed by atoms with Gasteiger partial charge in [-0.2, -0.15) is 5.26 Å². The molecule has 2 fully saturated rings. The molecule has 2 heterocycles. The summed E-state index contributed by atoms with van der Waals surface area (Å²) in [6.07, 6.45) is 2.39. The van der Waals surface area contributed by atoms with Crippen LogP contribution in [0.2, 0.25) is 0 Å². The summed E-state index contributed by atoms with van der Waals surface area (Å²) in [4.78, 5) is 28.9. The van der Waals surface area contributed by atoms with E-state index in [-0.39, 0.29) is 17.5 Å². The minimum absolute atomic E-state index is 0.0974. The number of benzene rings is 2. The number of urea groups is 1. The Labute approximate surface area is 175 Å². The fraction of sp³-hybridized carbons (Fsp3) is 0.348. The highest BCUT2D eigenvalue weighted by molar-refractivity contribution is 5.89. The highest BCUT2D eigenvalue weighted by Crippen LogP contribution is 2.39. The highest BCUT2D eigenvalue weighted by Gasteiger charge is 2.44. The second-order valence-corrected chi connectivity index (χ2v) is 8.00. The van der Waals surface area contributed by atoms with E-state index in [0.29, 0.717) is 43.2 Å². The third kappa shape index (κ3) is 4.38. The van der Waals surface area contributed by atoms with E-state index in [4.69, 9.17) is 10.00 Å². The van der Waals surface area contributed by atoms with Crippen LogP contribution in [0.25, 0.3) is 0 Å². The zero-order valence-corrected chi connectivity index (χ0v) is 16.7. The van der Waals surface area contributed by atoms with Crippen LogP contribution in [-0.2, 0) is 0 Å². The maximum Gasteiger partial charge on any atom is 0.415 e. The molecule has 0 bridgehead atoms. The van der Waals surface area contributed by atoms with E-state index in [9.17, 15) is 9.59 Å². The number of piperidine rings is 1. The molecule has 2 aromatic rings. The van der Waals surface area contributed by atoms with Gasteiger partial charge in [0.05, 0.1) is 11.6 Å². The largest absolute Gasteiger partial charge is 0.415 e. The average molecular weight is 404 g/mol. The van der Waals surface area contributed by atoms with Gasteiger partial charge in [0.1, 0.15) is 5.75 Å². The molecule has 3 amide bonds. The first-order valence-electron chi connectivity index (χ1n) is 10.1. The number of nitrogens with zero attached hydrogens (tertiary/aromatic N) is 3. The third-order valence-electron chi connectivity index (χ3n) is 5.84. The van der Waals surface area contributed by atoms with Gasteiger partial charge in [-0.25, -0.2) is 9.59 Å². The van der Waals surface area contributed by atoms with Crippen molar-refractivity contribution in [2.75, 3.05) is 31.5 Å². The van der Waals surface area contributed by atoms with Crippen molar-refractivity contribution in [3.8, 4) is 11.8 Å². The Kier molecular flexibility index (Phi) is 5.57. The van der Waals surface area contributed by atoms with Crippen molar-refractivity contribution in [2.45, 2.75) is 19.3 Å². The number of carbonyl (C=O) groups is 2. The predicted molar refractivity (Wildman–Crippen MR) is 112 cm³/mol. The Bertz CT molecular complexity index is 972. The number of rotatable bonds is 2. The molecule has 1 atom stereocenters. The number of nitriles is 1. The van der Waals surface area contributed by atoms with Crippen LogP contribution in [0.5, 0.6) is 5.75 Å². The molecule has 154 valence electrons. The summed E-state index contributed by atoms with van der Waals surface area (Å²) in [5.41, 5.74) is 1.02. The van der Waals surface area contributed by atoms with Gasteiger partial charge in [-0.05, 0) is 49.6 Å². The molecule has 4 rings (SSSR count). The summed E-state index contributed by atoms with van der Waals surface area (Å²) in [5.74, 6) is 0.536. The Morgan fingerprint density at radius 2 is 1.80 bits per heavy atom. The Balaban J connectivity index is 1.36. The summed E-state index contributed by atoms with van der Waals surface area (Å²) in [6, 6.07) is 17.8. The maximum atomic E-state index is 12.7. The molecule has 0 unspecified atom stereocenters. The van der Waals surface area contributed by atoms with Crippen LogP contribution in [-0.4, -0.2) is 48.1 Å². The van der Waals surface area contributed by atoms with Crippen LogP contribution in [0.3, 0.4) is 0 Å². The van der Waals surface area contributed by atoms with Crippen molar-refractivity contribution < 1.29 is 14.3 Å². The van der Waals surface area contributed by atoms with Crippen LogP contribution >= 0.6 is 0 Å². The number of anilines is 1. The molecule has 2 saturated heterocycles. The number of likely N-dealkylation sites (tertiary alicyclic amines) is 2. The fourth-order valence-corrected chi connectivity index (χ4v) is 4.33. The van der Waals surface area contributed by atoms with Crippen molar-refractivity contribution in [3.63, 3.8) is 0 Å². The van der Waals surface area contributed by atoms with Crippen molar-refractivity contribution in [3.05, 3.63) is 60.2 Å². The van der Waals surface area contributed by atoms with E-state index in [0.717, 1.165) is 19.3 Å². The first kappa shape index (κ1) is 19.8. The van der Waals surface area contributed by atoms with Gasteiger partial charge in [0.15, 0.2) is 0 Å². The lowest BCUT2D eigenvalue weighted by molar-refractivity contribution is 0.0872. The topological polar surface area (TPSA) is 85.7 Å². The third-order valence-corrected chi connectivity index (χ3v) is 5.84. The maximum absolute atomic E-state index is 12.7. The van der Waals surface area contributed by atoms with Crippen molar-refractivity contribution in [1.82, 2.24) is 9.80 Å². The summed E-state index contributed by atoms with van der Waals surface area (Å²) >= 11 is 0. The molecular formula is C23H24N4O3. The number of carbonyl (C=O) groups excluding carboxylic acids is 2. The van der Waals surface area contributed by atoms with Crippen LogP contribution in [0, 0.1) is 16.7 Å². The molecule has 2 aliphatic heterocycles. The molecule has 1 spiro atoms. The van der Waals surface area contributed by atoms with Gasteiger partial charge in [-0.1, -0.05) is 24.3 Å². The first-order valence-corrected chi connectivity index (χ1v) is 10.1. The second kappa shape index (κ2) is 8.46. The van der Waals surface area contributed by atoms with Gasteiger partial charge in [-0.15, -0.1) is 0 Å². The SMILES string of the molecule is N#Cc1cccc(NC(=O)N2CC[C@@]3(CCCN(C(=O)Oc4ccccc4)C3)C2)c1. The number of hydrogen-bond donors (Lipinski definition) is 1. The van der Waals surface area contributed by atoms with E-state index in [1.807, 2.05) is 18.2 Å². The normalized spacial score (nSPS) is 20.6. The lowest BCUT2D eigenvalue weighted by Crippen LogP contribution is -2.48. The fourth-order valence-electron chi connectivity index (χ4n) is 4.33. The number of amides is 3. The minimum Gasteiger partial charge on any atom is -0.410 e. The van der Waals surface area contributed by atoms with Crippen LogP contribution in [0.1, 0.15) is 24.8 Å². The number of hydrogen-bond acceptors (Lipinski definition) is 4. The molecule has 7 nitrogen and oxygen atoms in total. The lowest BCUT2D eigenvalue weighted by atomic mass is 9.79. The smallest absolute Gasteiger partial charge is 0.410 e. The molecule has 0 aromatic heterocycles. The van der Waals surface area contributed by atoms with Gasteiger partial charge < -0.3 is 19.9 Å². The van der Waals surface area contributed by atoms with E-state index in [1.165, 1.54) is 0 Å². The molecule has 7 heteroatoms. The summed E-state index contributed by atoms with van der Waals surface area (Å²) in [6.45, 7) is 2.50. The van der Waals surface area contributed by atoms with Gasteiger partial charge in [-0.3, -0.25) is 0 Å². The van der Waals surface area contributed by atoms with Crippen molar-refractivity contribution in [1.29, 1.82) is 5.26 Å². The predicted octanol–water partition coefficient (Wildman–Crippen LogP) is 4.08. The lowest BCUT2D eigenvalue weighted by Gasteiger charge is -2.39. The molecule has 0 aliphatic carbocycles. The van der Waals surface area contributed by atoms with Gasteiger partial charge in [0.25, 0.3) is 0 Å². The Morgan fingerprint density at radius 3 is 2.60 bits per heavy atom. The highest BCUT2D eigenvalue weighted by atomic mass is 16.6. The summed E-state index contributed by atoms with van der Waals surface area (Å²) in [5, 5.41) is 11.9. The van der Waals surface area contributed by atoms with E-state index in [1.54, 1.807) is 46.2 Å². The molecule has 0 saturated carbocycles. The van der Waals surface area contributed by atoms with E-state index < -0.39 is 0 Å². The summed E-state index contributed by atoms with van der Waals surface area (Å²) < 4.78 is 5.50. The molecule has 0 radical (unpaired) electrons. The van der Waals surface area contributed by atoms with Crippen molar-refractivity contribution >= 4 is 17.8 Å². The first-order chi connectivity index (χ1) is 14.6. The van der Waals surface area contributed by atoms with Crippen LogP contribution in [0.4, 0.5) is 15.3 Å². The minimum atomic E-state index is -0.337. The van der Waals surface area contributed by atoms with Gasteiger partial charge >= 0.3 is 12.1 Å². The quantitative estimate of drug-likeness (QED) is 0.817. The molecule has 2 aliphatic rings. The van der Waals surface area contributed by atoms with E-state index >= 15 is 0 Å². The standard InChI is InChI=1S/C23H24N4O3/c24-15-18-6-4-7-19(14-18)25-21(28)26-13-11-23(16-26)10-5-12-27(17-23)22(29)30-20-8-2-1-3-9-20/h1-4,6-9,14H,5,10-13,16-17H2,(H,25,28)/t23-/m0/s1. The molecule has 2 aromatic carbocycles. The Morgan fingerprint density at radius 1 is 1.00 bits per heavy atom. The molecule has 1 N–H and O–H groups in total. The Hall–Kier alpha value is -3.53. The van der Waals surface area contributed by atoms with Crippen LogP contribution in [0.15, 0.2) is 54.6 Å². The monoisotopic (exact) mass is 404 g/mol. The average Bonchev–Trinajstić information content (AvgIpc) is 3.18. The zero-order valence-electron chi connectivity index (χ0n) is 16.7. The summed E-state index contributed by atoms with van der Waals surface area (Å²) in [7, 11) is 0. The number of para-hydroxylation sites is 1. The second-order valence-electron chi connectivity index (χ2n) is 8.00. The molecule has 30 heavy (non-hydrogen) atoms. The molecular weight excluding hydrogens is 380 g/mol. The van der Waals surface area contributed by atoms with Gasteiger partial charge in [0.2, 0.25) is 0 Å². The van der Waals surface area contributed by atoms with E-state index in [2.05, 4.69) is 11.4 Å². The van der Waals surface area contributed by atoms with Crippen LogP contribution < -0.4 is 10.1 Å². The van der Waals surface area contributed by atoms with Crippen molar-refractivity contribution in [2.24, 2.45) is 5.41 Å². The number of ether oxygens (including phenoxy) is 1. The zero-order chi connectivity index (χ0) is 21.0.